The number of nitrogens with zero attached hydrogens (tertiary/aromatic N) is 4. The zero-order chi connectivity index (χ0) is 20.6. The van der Waals surface area contributed by atoms with Crippen molar-refractivity contribution in [1.82, 2.24) is 19.5 Å². The summed E-state index contributed by atoms with van der Waals surface area (Å²) in [6.07, 6.45) is 3.61. The Balaban J connectivity index is 1.69. The number of hydrogen-bond acceptors (Lipinski definition) is 3. The molecule has 0 fully saturated rings. The summed E-state index contributed by atoms with van der Waals surface area (Å²) < 4.78 is 2.22. The van der Waals surface area contributed by atoms with Crippen molar-refractivity contribution < 1.29 is 0 Å². The number of aromatic nitrogens is 4. The van der Waals surface area contributed by atoms with E-state index in [0.29, 0.717) is 5.82 Å². The van der Waals surface area contributed by atoms with E-state index >= 15 is 0 Å². The summed E-state index contributed by atoms with van der Waals surface area (Å²) in [6.45, 7) is 0. The zero-order valence-electron chi connectivity index (χ0n) is 16.7. The average molecular weight is 398 g/mol. The highest BCUT2D eigenvalue weighted by atomic mass is 15.1. The highest BCUT2D eigenvalue weighted by molar-refractivity contribution is 6.09. The van der Waals surface area contributed by atoms with Gasteiger partial charge in [-0.1, -0.05) is 66.7 Å². The maximum absolute atomic E-state index is 5.00. The van der Waals surface area contributed by atoms with Crippen LogP contribution in [0.1, 0.15) is 0 Å². The molecule has 0 saturated heterocycles. The second-order valence-corrected chi connectivity index (χ2v) is 7.41. The average Bonchev–Trinajstić information content (AvgIpc) is 3.19. The molecule has 3 aromatic carbocycles. The second kappa shape index (κ2) is 7.18. The molecule has 0 aliphatic carbocycles. The van der Waals surface area contributed by atoms with Crippen LogP contribution in [0.2, 0.25) is 0 Å². The van der Waals surface area contributed by atoms with Crippen molar-refractivity contribution >= 4 is 21.8 Å². The number of para-hydroxylation sites is 2. The molecule has 31 heavy (non-hydrogen) atoms. The number of fused-ring (bicyclic) bond motifs is 3. The molecule has 0 bridgehead atoms. The Morgan fingerprint density at radius 1 is 0.581 bits per heavy atom. The molecule has 0 spiro atoms. The molecule has 3 aromatic heterocycles. The standard InChI is InChI=1S/C27H18N4/c1-2-9-19(10-3-1)27-29-23(20-11-8-16-28-18-20)17-26(30-27)31-24-14-6-4-12-21(24)22-13-5-7-15-25(22)31/h1-18H. The van der Waals surface area contributed by atoms with Gasteiger partial charge in [-0.05, 0) is 24.3 Å². The molecule has 0 radical (unpaired) electrons. The molecule has 4 nitrogen and oxygen atoms in total. The van der Waals surface area contributed by atoms with Gasteiger partial charge in [-0.3, -0.25) is 9.55 Å². The van der Waals surface area contributed by atoms with E-state index in [9.17, 15) is 0 Å². The molecule has 0 aliphatic heterocycles. The van der Waals surface area contributed by atoms with Crippen molar-refractivity contribution in [2.45, 2.75) is 0 Å². The summed E-state index contributed by atoms with van der Waals surface area (Å²) in [5.41, 5.74) is 5.04. The molecule has 0 atom stereocenters. The lowest BCUT2D eigenvalue weighted by Gasteiger charge is -2.11. The Morgan fingerprint density at radius 3 is 1.90 bits per heavy atom. The van der Waals surface area contributed by atoms with Crippen molar-refractivity contribution in [3.8, 4) is 28.5 Å². The summed E-state index contributed by atoms with van der Waals surface area (Å²) in [5.74, 6) is 1.53. The van der Waals surface area contributed by atoms with Crippen molar-refractivity contribution in [3.05, 3.63) is 109 Å². The van der Waals surface area contributed by atoms with Crippen LogP contribution < -0.4 is 0 Å². The van der Waals surface area contributed by atoms with Crippen LogP contribution in [0.15, 0.2) is 109 Å². The third kappa shape index (κ3) is 2.97. The van der Waals surface area contributed by atoms with Crippen molar-refractivity contribution in [2.24, 2.45) is 0 Å². The van der Waals surface area contributed by atoms with E-state index in [1.54, 1.807) is 6.20 Å². The Bertz CT molecular complexity index is 1410. The third-order valence-electron chi connectivity index (χ3n) is 5.51. The summed E-state index contributed by atoms with van der Waals surface area (Å²) in [7, 11) is 0. The highest BCUT2D eigenvalue weighted by Crippen LogP contribution is 2.33. The first-order valence-electron chi connectivity index (χ1n) is 10.2. The minimum absolute atomic E-state index is 0.693. The van der Waals surface area contributed by atoms with Gasteiger partial charge >= 0.3 is 0 Å². The van der Waals surface area contributed by atoms with Crippen LogP contribution in [0.5, 0.6) is 0 Å². The summed E-state index contributed by atoms with van der Waals surface area (Å²) >= 11 is 0. The van der Waals surface area contributed by atoms with E-state index in [1.165, 1.54) is 10.8 Å². The minimum Gasteiger partial charge on any atom is -0.294 e. The van der Waals surface area contributed by atoms with Gasteiger partial charge in [0.25, 0.3) is 0 Å². The highest BCUT2D eigenvalue weighted by Gasteiger charge is 2.15. The minimum atomic E-state index is 0.693. The molecule has 0 saturated carbocycles. The van der Waals surface area contributed by atoms with Crippen LogP contribution >= 0.6 is 0 Å². The lowest BCUT2D eigenvalue weighted by molar-refractivity contribution is 1.05. The van der Waals surface area contributed by atoms with Gasteiger partial charge < -0.3 is 0 Å². The van der Waals surface area contributed by atoms with Crippen LogP contribution in [0.4, 0.5) is 0 Å². The zero-order valence-corrected chi connectivity index (χ0v) is 16.7. The smallest absolute Gasteiger partial charge is 0.162 e. The number of rotatable bonds is 3. The molecule has 0 amide bonds. The van der Waals surface area contributed by atoms with E-state index < -0.39 is 0 Å². The van der Waals surface area contributed by atoms with Crippen LogP contribution in [-0.4, -0.2) is 19.5 Å². The molecular formula is C27H18N4. The molecule has 0 unspecified atom stereocenters. The summed E-state index contributed by atoms with van der Waals surface area (Å²) in [4.78, 5) is 14.2. The fourth-order valence-electron chi connectivity index (χ4n) is 4.10. The maximum Gasteiger partial charge on any atom is 0.162 e. The topological polar surface area (TPSA) is 43.6 Å². The van der Waals surface area contributed by atoms with Gasteiger partial charge in [-0.15, -0.1) is 0 Å². The fourth-order valence-corrected chi connectivity index (χ4v) is 4.10. The number of hydrogen-bond donors (Lipinski definition) is 0. The van der Waals surface area contributed by atoms with Crippen LogP contribution in [-0.2, 0) is 0 Å². The van der Waals surface area contributed by atoms with E-state index in [1.807, 2.05) is 54.7 Å². The monoisotopic (exact) mass is 398 g/mol. The molecule has 6 aromatic rings. The Kier molecular flexibility index (Phi) is 4.06. The SMILES string of the molecule is c1ccc(-c2nc(-c3cccnc3)cc(-n3c4ccccc4c4ccccc43)n2)cc1. The Morgan fingerprint density at radius 2 is 1.23 bits per heavy atom. The van der Waals surface area contributed by atoms with Gasteiger partial charge in [0.1, 0.15) is 5.82 Å². The van der Waals surface area contributed by atoms with Crippen LogP contribution in [0.25, 0.3) is 50.3 Å². The normalized spacial score (nSPS) is 11.2. The lowest BCUT2D eigenvalue weighted by atomic mass is 10.1. The molecule has 6 rings (SSSR count). The molecule has 0 N–H and O–H groups in total. The molecule has 4 heteroatoms. The fraction of sp³-hybridized carbons (Fsp3) is 0. The van der Waals surface area contributed by atoms with Gasteiger partial charge in [0.15, 0.2) is 5.82 Å². The molecule has 0 aliphatic rings. The number of pyridine rings is 1. The van der Waals surface area contributed by atoms with Crippen LogP contribution in [0, 0.1) is 0 Å². The van der Waals surface area contributed by atoms with Gasteiger partial charge in [0, 0.05) is 40.4 Å². The summed E-state index contributed by atoms with van der Waals surface area (Å²) in [5, 5.41) is 2.42. The van der Waals surface area contributed by atoms with E-state index in [0.717, 1.165) is 33.7 Å². The van der Waals surface area contributed by atoms with Crippen molar-refractivity contribution in [1.29, 1.82) is 0 Å². The Labute approximate surface area is 179 Å². The van der Waals surface area contributed by atoms with Crippen molar-refractivity contribution in [3.63, 3.8) is 0 Å². The molecular weight excluding hydrogens is 380 g/mol. The van der Waals surface area contributed by atoms with Gasteiger partial charge in [-0.25, -0.2) is 9.97 Å². The van der Waals surface area contributed by atoms with E-state index in [-0.39, 0.29) is 0 Å². The Hall–Kier alpha value is -4.31. The third-order valence-corrected chi connectivity index (χ3v) is 5.51. The first kappa shape index (κ1) is 17.5. The van der Waals surface area contributed by atoms with Gasteiger partial charge in [-0.2, -0.15) is 0 Å². The number of benzene rings is 3. The van der Waals surface area contributed by atoms with Gasteiger partial charge in [0.2, 0.25) is 0 Å². The predicted molar refractivity (Wildman–Crippen MR) is 125 cm³/mol. The lowest BCUT2D eigenvalue weighted by Crippen LogP contribution is -2.02. The van der Waals surface area contributed by atoms with Gasteiger partial charge in [0.05, 0.1) is 16.7 Å². The molecule has 3 heterocycles. The first-order valence-corrected chi connectivity index (χ1v) is 10.2. The molecule has 146 valence electrons. The first-order chi connectivity index (χ1) is 15.4. The van der Waals surface area contributed by atoms with E-state index in [4.69, 9.17) is 9.97 Å². The van der Waals surface area contributed by atoms with Crippen LogP contribution in [0.3, 0.4) is 0 Å². The van der Waals surface area contributed by atoms with Crippen molar-refractivity contribution in [2.75, 3.05) is 0 Å². The predicted octanol–water partition coefficient (Wildman–Crippen LogP) is 6.30. The second-order valence-electron chi connectivity index (χ2n) is 7.41. The quantitative estimate of drug-likeness (QED) is 0.351. The largest absolute Gasteiger partial charge is 0.294 e. The summed E-state index contributed by atoms with van der Waals surface area (Å²) in [6, 6.07) is 33.0. The maximum atomic E-state index is 5.00. The van der Waals surface area contributed by atoms with E-state index in [2.05, 4.69) is 58.1 Å².